The summed E-state index contributed by atoms with van der Waals surface area (Å²) in [6.07, 6.45) is 3.33. The number of morpholine rings is 1. The Labute approximate surface area is 219 Å². The third-order valence-corrected chi connectivity index (χ3v) is 6.44. The predicted octanol–water partition coefficient (Wildman–Crippen LogP) is 4.18. The van der Waals surface area contributed by atoms with E-state index >= 15 is 0 Å². The zero-order chi connectivity index (χ0) is 26.4. The maximum atomic E-state index is 6.29. The first kappa shape index (κ1) is 26.8. The number of hydrogen-bond donors (Lipinski definition) is 1. The Hall–Kier alpha value is -3.27. The molecule has 2 aromatic heterocycles. The Morgan fingerprint density at radius 3 is 2.68 bits per heavy atom. The number of aliphatic imine (C=N–C) groups is 1. The van der Waals surface area contributed by atoms with Crippen LogP contribution in [0.3, 0.4) is 0 Å². The molecule has 3 aromatic rings. The van der Waals surface area contributed by atoms with Gasteiger partial charge in [-0.1, -0.05) is 37.6 Å². The van der Waals surface area contributed by atoms with E-state index in [1.807, 2.05) is 48.9 Å². The van der Waals surface area contributed by atoms with Gasteiger partial charge in [0.05, 0.1) is 32.1 Å². The standard InChI is InChI=1S/C28H38N6O3/c1-19(2)26(37-16-15-35-5)28-32-25-23(34-11-13-36-14-12-34)18-24(31-27(25)33(28)4)30-10-9-22(29)21-8-6-7-20(3)17-21/h6-10,17-19,26H,11-16,29H2,1-5H3/b22-9-,30-10?. The molecule has 9 heteroatoms. The minimum atomic E-state index is -0.184. The van der Waals surface area contributed by atoms with Crippen molar-refractivity contribution in [3.63, 3.8) is 0 Å². The van der Waals surface area contributed by atoms with Crippen molar-refractivity contribution in [1.29, 1.82) is 0 Å². The Morgan fingerprint density at radius 2 is 1.97 bits per heavy atom. The lowest BCUT2D eigenvalue weighted by Crippen LogP contribution is -2.36. The number of nitrogens with zero attached hydrogens (tertiary/aromatic N) is 5. The highest BCUT2D eigenvalue weighted by Gasteiger charge is 2.26. The third-order valence-electron chi connectivity index (χ3n) is 6.44. The van der Waals surface area contributed by atoms with Gasteiger partial charge in [-0.2, -0.15) is 0 Å². The van der Waals surface area contributed by atoms with Crippen LogP contribution in [-0.2, 0) is 21.3 Å². The molecular formula is C28H38N6O3. The average Bonchev–Trinajstić information content (AvgIpc) is 3.22. The number of ether oxygens (including phenoxy) is 3. The van der Waals surface area contributed by atoms with E-state index in [4.69, 9.17) is 29.9 Å². The third kappa shape index (κ3) is 6.36. The molecule has 0 spiro atoms. The number of aromatic nitrogens is 3. The summed E-state index contributed by atoms with van der Waals surface area (Å²) in [4.78, 5) is 16.9. The number of methoxy groups -OCH3 is 1. The molecule has 2 N–H and O–H groups in total. The number of aryl methyl sites for hydroxylation is 2. The summed E-state index contributed by atoms with van der Waals surface area (Å²) in [6.45, 7) is 10.3. The summed E-state index contributed by atoms with van der Waals surface area (Å²) >= 11 is 0. The van der Waals surface area contributed by atoms with Crippen LogP contribution < -0.4 is 10.6 Å². The van der Waals surface area contributed by atoms with Gasteiger partial charge in [-0.3, -0.25) is 0 Å². The molecule has 3 heterocycles. The molecule has 1 aliphatic rings. The SMILES string of the molecule is COCCOC(c1nc2c(N3CCOCC3)cc(N=C/C=C(\N)c3cccc(C)c3)nc2n1C)C(C)C. The number of anilines is 1. The molecule has 0 amide bonds. The lowest BCUT2D eigenvalue weighted by Gasteiger charge is -2.29. The topological polar surface area (TPSA) is 100 Å². The van der Waals surface area contributed by atoms with Crippen molar-refractivity contribution in [2.45, 2.75) is 26.9 Å². The Bertz CT molecular complexity index is 1260. The van der Waals surface area contributed by atoms with Crippen LogP contribution in [0.25, 0.3) is 16.9 Å². The van der Waals surface area contributed by atoms with Gasteiger partial charge in [0.1, 0.15) is 17.4 Å². The van der Waals surface area contributed by atoms with Crippen molar-refractivity contribution in [3.8, 4) is 0 Å². The minimum Gasteiger partial charge on any atom is -0.398 e. The summed E-state index contributed by atoms with van der Waals surface area (Å²) in [5.41, 5.74) is 11.7. The van der Waals surface area contributed by atoms with Crippen LogP contribution in [0.4, 0.5) is 11.5 Å². The maximum absolute atomic E-state index is 6.29. The van der Waals surface area contributed by atoms with Crippen LogP contribution in [0.1, 0.15) is 36.9 Å². The number of imidazole rings is 1. The van der Waals surface area contributed by atoms with Crippen molar-refractivity contribution in [3.05, 3.63) is 53.4 Å². The highest BCUT2D eigenvalue weighted by Crippen LogP contribution is 2.34. The fourth-order valence-corrected chi connectivity index (χ4v) is 4.44. The van der Waals surface area contributed by atoms with Crippen LogP contribution in [0.15, 0.2) is 41.4 Å². The van der Waals surface area contributed by atoms with Crippen molar-refractivity contribution in [2.75, 3.05) is 51.5 Å². The molecule has 0 aliphatic carbocycles. The Balaban J connectivity index is 1.73. The van der Waals surface area contributed by atoms with E-state index in [0.717, 1.165) is 46.9 Å². The van der Waals surface area contributed by atoms with Crippen LogP contribution in [0.5, 0.6) is 0 Å². The highest BCUT2D eigenvalue weighted by atomic mass is 16.5. The number of hydrogen-bond acceptors (Lipinski definition) is 8. The lowest BCUT2D eigenvalue weighted by molar-refractivity contribution is -0.0126. The van der Waals surface area contributed by atoms with Gasteiger partial charge in [-0.15, -0.1) is 0 Å². The van der Waals surface area contributed by atoms with Crippen molar-refractivity contribution in [1.82, 2.24) is 14.5 Å². The second-order valence-electron chi connectivity index (χ2n) is 9.60. The van der Waals surface area contributed by atoms with Crippen molar-refractivity contribution in [2.24, 2.45) is 23.7 Å². The Kier molecular flexibility index (Phi) is 8.91. The second kappa shape index (κ2) is 12.3. The minimum absolute atomic E-state index is 0.184. The molecule has 1 aromatic carbocycles. The lowest BCUT2D eigenvalue weighted by atomic mass is 10.1. The van der Waals surface area contributed by atoms with E-state index in [1.54, 1.807) is 13.3 Å². The van der Waals surface area contributed by atoms with Gasteiger partial charge in [0.15, 0.2) is 11.5 Å². The van der Waals surface area contributed by atoms with E-state index in [2.05, 4.69) is 29.8 Å². The van der Waals surface area contributed by atoms with E-state index in [-0.39, 0.29) is 12.0 Å². The van der Waals surface area contributed by atoms with Crippen LogP contribution in [-0.4, -0.2) is 67.4 Å². The summed E-state index contributed by atoms with van der Waals surface area (Å²) < 4.78 is 19.0. The fourth-order valence-electron chi connectivity index (χ4n) is 4.44. The van der Waals surface area contributed by atoms with Gasteiger partial charge in [-0.05, 0) is 30.5 Å². The summed E-state index contributed by atoms with van der Waals surface area (Å²) in [7, 11) is 3.66. The smallest absolute Gasteiger partial charge is 0.164 e. The molecule has 4 rings (SSSR count). The fraction of sp³-hybridized carbons (Fsp3) is 0.464. The molecule has 0 saturated carbocycles. The molecule has 37 heavy (non-hydrogen) atoms. The largest absolute Gasteiger partial charge is 0.398 e. The number of fused-ring (bicyclic) bond motifs is 1. The first-order chi connectivity index (χ1) is 17.9. The average molecular weight is 507 g/mol. The monoisotopic (exact) mass is 506 g/mol. The normalized spacial score (nSPS) is 15.8. The highest BCUT2D eigenvalue weighted by molar-refractivity contribution is 5.90. The van der Waals surface area contributed by atoms with Gasteiger partial charge in [0.2, 0.25) is 0 Å². The first-order valence-corrected chi connectivity index (χ1v) is 12.8. The van der Waals surface area contributed by atoms with E-state index in [0.29, 0.717) is 37.9 Å². The molecule has 1 atom stereocenters. The van der Waals surface area contributed by atoms with E-state index in [1.165, 1.54) is 0 Å². The molecule has 0 radical (unpaired) electrons. The molecule has 9 nitrogen and oxygen atoms in total. The zero-order valence-corrected chi connectivity index (χ0v) is 22.5. The van der Waals surface area contributed by atoms with Crippen LogP contribution >= 0.6 is 0 Å². The molecule has 1 unspecified atom stereocenters. The number of nitrogens with two attached hydrogens (primary N) is 1. The van der Waals surface area contributed by atoms with Gasteiger partial charge in [-0.25, -0.2) is 15.0 Å². The second-order valence-corrected chi connectivity index (χ2v) is 9.60. The number of benzene rings is 1. The Morgan fingerprint density at radius 1 is 1.19 bits per heavy atom. The quantitative estimate of drug-likeness (QED) is 0.325. The molecule has 198 valence electrons. The van der Waals surface area contributed by atoms with Gasteiger partial charge < -0.3 is 29.4 Å². The number of allylic oxidation sites excluding steroid dienone is 1. The molecule has 1 fully saturated rings. The van der Waals surface area contributed by atoms with E-state index < -0.39 is 0 Å². The van der Waals surface area contributed by atoms with Gasteiger partial charge in [0.25, 0.3) is 0 Å². The van der Waals surface area contributed by atoms with E-state index in [9.17, 15) is 0 Å². The molecular weight excluding hydrogens is 468 g/mol. The van der Waals surface area contributed by atoms with Crippen LogP contribution in [0, 0.1) is 12.8 Å². The maximum Gasteiger partial charge on any atom is 0.164 e. The number of pyridine rings is 1. The van der Waals surface area contributed by atoms with Gasteiger partial charge >= 0.3 is 0 Å². The molecule has 1 saturated heterocycles. The molecule has 0 bridgehead atoms. The summed E-state index contributed by atoms with van der Waals surface area (Å²) in [5.74, 6) is 1.66. The first-order valence-electron chi connectivity index (χ1n) is 12.8. The van der Waals surface area contributed by atoms with Crippen molar-refractivity contribution >= 4 is 34.6 Å². The summed E-state index contributed by atoms with van der Waals surface area (Å²) in [5, 5.41) is 0. The van der Waals surface area contributed by atoms with Gasteiger partial charge in [0, 0.05) is 45.2 Å². The zero-order valence-electron chi connectivity index (χ0n) is 22.5. The molecule has 1 aliphatic heterocycles. The van der Waals surface area contributed by atoms with Crippen LogP contribution in [0.2, 0.25) is 0 Å². The predicted molar refractivity (Wildman–Crippen MR) is 148 cm³/mol. The summed E-state index contributed by atoms with van der Waals surface area (Å²) in [6, 6.07) is 10.1. The number of rotatable bonds is 10. The van der Waals surface area contributed by atoms with Crippen molar-refractivity contribution < 1.29 is 14.2 Å².